The third kappa shape index (κ3) is 3.66. The summed E-state index contributed by atoms with van der Waals surface area (Å²) >= 11 is 1.47. The highest BCUT2D eigenvalue weighted by Crippen LogP contribution is 2.30. The summed E-state index contributed by atoms with van der Waals surface area (Å²) < 4.78 is 5.81. The number of benzene rings is 1. The van der Waals surface area contributed by atoms with E-state index in [-0.39, 0.29) is 6.10 Å². The molecular formula is C14H17NO4S. The number of carbonyl (C=O) groups is 2. The Labute approximate surface area is 121 Å². The molecule has 0 bridgehead atoms. The second-order valence-electron chi connectivity index (χ2n) is 4.77. The number of aryl methyl sites for hydroxylation is 1. The molecule has 2 N–H and O–H groups in total. The number of nitrogens with one attached hydrogen (secondary N) is 1. The summed E-state index contributed by atoms with van der Waals surface area (Å²) in [6, 6.07) is 5.27. The highest BCUT2D eigenvalue weighted by atomic mass is 32.2. The first-order valence-corrected chi connectivity index (χ1v) is 7.52. The predicted octanol–water partition coefficient (Wildman–Crippen LogP) is 1.23. The van der Waals surface area contributed by atoms with Crippen molar-refractivity contribution in [3.8, 4) is 5.75 Å². The molecule has 2 unspecified atom stereocenters. The topological polar surface area (TPSA) is 75.6 Å². The lowest BCUT2D eigenvalue weighted by atomic mass is 10.1. The van der Waals surface area contributed by atoms with Gasteiger partial charge in [0.25, 0.3) is 0 Å². The molecule has 0 aromatic heterocycles. The minimum atomic E-state index is -1.02. The maximum Gasteiger partial charge on any atom is 0.327 e. The van der Waals surface area contributed by atoms with Gasteiger partial charge >= 0.3 is 5.97 Å². The van der Waals surface area contributed by atoms with Crippen LogP contribution in [0.25, 0.3) is 0 Å². The lowest BCUT2D eigenvalue weighted by molar-refractivity contribution is -0.139. The molecule has 0 saturated heterocycles. The molecule has 1 aromatic rings. The Morgan fingerprint density at radius 2 is 2.45 bits per heavy atom. The number of amides is 1. The predicted molar refractivity (Wildman–Crippen MR) is 77.2 cm³/mol. The first-order chi connectivity index (χ1) is 9.60. The minimum Gasteiger partial charge on any atom is -0.489 e. The monoisotopic (exact) mass is 295 g/mol. The summed E-state index contributed by atoms with van der Waals surface area (Å²) in [5.41, 5.74) is 2.41. The average Bonchev–Trinajstić information content (AvgIpc) is 2.79. The van der Waals surface area contributed by atoms with Crippen molar-refractivity contribution < 1.29 is 19.4 Å². The van der Waals surface area contributed by atoms with Gasteiger partial charge in [0, 0.05) is 17.9 Å². The summed E-state index contributed by atoms with van der Waals surface area (Å²) in [5.74, 6) is 0.944. The highest BCUT2D eigenvalue weighted by Gasteiger charge is 2.24. The van der Waals surface area contributed by atoms with Gasteiger partial charge in [-0.1, -0.05) is 17.7 Å². The number of fused-ring (bicyclic) bond motifs is 1. The molecule has 0 fully saturated rings. The highest BCUT2D eigenvalue weighted by molar-refractivity contribution is 7.99. The molecule has 108 valence electrons. The Kier molecular flexibility index (Phi) is 4.89. The van der Waals surface area contributed by atoms with Gasteiger partial charge in [0.2, 0.25) is 6.41 Å². The molecule has 5 nitrogen and oxygen atoms in total. The molecule has 1 aliphatic heterocycles. The van der Waals surface area contributed by atoms with Crippen molar-refractivity contribution >= 4 is 24.1 Å². The summed E-state index contributed by atoms with van der Waals surface area (Å²) in [6.45, 7) is 2.05. The molecule has 0 radical (unpaired) electrons. The van der Waals surface area contributed by atoms with E-state index in [4.69, 9.17) is 9.84 Å². The van der Waals surface area contributed by atoms with Crippen molar-refractivity contribution in [3.63, 3.8) is 0 Å². The fourth-order valence-electron chi connectivity index (χ4n) is 2.13. The largest absolute Gasteiger partial charge is 0.489 e. The fourth-order valence-corrected chi connectivity index (χ4v) is 3.19. The second-order valence-corrected chi connectivity index (χ2v) is 5.84. The van der Waals surface area contributed by atoms with Crippen LogP contribution in [0.3, 0.4) is 0 Å². The molecule has 0 spiro atoms. The number of rotatable bonds is 7. The Bertz CT molecular complexity index is 506. The third-order valence-corrected chi connectivity index (χ3v) is 4.29. The number of carboxylic acid groups (broad SMARTS) is 1. The van der Waals surface area contributed by atoms with Gasteiger partial charge in [-0.15, -0.1) is 0 Å². The van der Waals surface area contributed by atoms with E-state index in [1.165, 1.54) is 22.9 Å². The van der Waals surface area contributed by atoms with Crippen LogP contribution < -0.4 is 10.1 Å². The van der Waals surface area contributed by atoms with Gasteiger partial charge in [-0.3, -0.25) is 4.79 Å². The Morgan fingerprint density at radius 1 is 1.65 bits per heavy atom. The van der Waals surface area contributed by atoms with Crippen molar-refractivity contribution in [1.29, 1.82) is 0 Å². The molecule has 0 aliphatic carbocycles. The number of carboxylic acids is 1. The summed E-state index contributed by atoms with van der Waals surface area (Å²) in [7, 11) is 0. The van der Waals surface area contributed by atoms with E-state index in [2.05, 4.69) is 11.4 Å². The zero-order chi connectivity index (χ0) is 14.5. The van der Waals surface area contributed by atoms with Crippen LogP contribution in [0.5, 0.6) is 5.75 Å². The smallest absolute Gasteiger partial charge is 0.327 e. The van der Waals surface area contributed by atoms with Gasteiger partial charge < -0.3 is 15.2 Å². The molecule has 0 saturated carbocycles. The number of hydrogen-bond acceptors (Lipinski definition) is 4. The van der Waals surface area contributed by atoms with Crippen LogP contribution in [0.15, 0.2) is 18.2 Å². The normalized spacial score (nSPS) is 17.9. The van der Waals surface area contributed by atoms with Crippen LogP contribution in [0, 0.1) is 6.92 Å². The fraction of sp³-hybridized carbons (Fsp3) is 0.429. The van der Waals surface area contributed by atoms with Crippen LogP contribution in [0.4, 0.5) is 0 Å². The SMILES string of the molecule is Cc1ccc2c(c1)CC(CSCC(NC=O)C(=O)O)O2. The lowest BCUT2D eigenvalue weighted by Crippen LogP contribution is -2.38. The molecule has 6 heteroatoms. The van der Waals surface area contributed by atoms with E-state index in [1.54, 1.807) is 0 Å². The van der Waals surface area contributed by atoms with Crippen molar-refractivity contribution in [1.82, 2.24) is 5.32 Å². The molecule has 1 aromatic carbocycles. The van der Waals surface area contributed by atoms with E-state index < -0.39 is 12.0 Å². The molecular weight excluding hydrogens is 278 g/mol. The molecule has 1 aliphatic rings. The number of carbonyl (C=O) groups excluding carboxylic acids is 1. The van der Waals surface area contributed by atoms with Gasteiger partial charge in [-0.05, 0) is 18.6 Å². The maximum atomic E-state index is 10.9. The lowest BCUT2D eigenvalue weighted by Gasteiger charge is -2.13. The average molecular weight is 295 g/mol. The maximum absolute atomic E-state index is 10.9. The molecule has 2 atom stereocenters. The van der Waals surface area contributed by atoms with Crippen molar-refractivity contribution in [2.75, 3.05) is 11.5 Å². The molecule has 2 rings (SSSR count). The number of hydrogen-bond donors (Lipinski definition) is 2. The second kappa shape index (κ2) is 6.65. The first kappa shape index (κ1) is 14.7. The van der Waals surface area contributed by atoms with Gasteiger partial charge in [-0.25, -0.2) is 4.79 Å². The van der Waals surface area contributed by atoms with Crippen molar-refractivity contribution in [2.24, 2.45) is 0 Å². The molecule has 1 amide bonds. The van der Waals surface area contributed by atoms with Gasteiger partial charge in [0.1, 0.15) is 17.9 Å². The summed E-state index contributed by atoms with van der Waals surface area (Å²) in [5, 5.41) is 11.2. The van der Waals surface area contributed by atoms with Crippen molar-refractivity contribution in [3.05, 3.63) is 29.3 Å². The summed E-state index contributed by atoms with van der Waals surface area (Å²) in [4.78, 5) is 21.2. The van der Waals surface area contributed by atoms with E-state index >= 15 is 0 Å². The Morgan fingerprint density at radius 3 is 3.15 bits per heavy atom. The zero-order valence-electron chi connectivity index (χ0n) is 11.2. The zero-order valence-corrected chi connectivity index (χ0v) is 12.0. The number of aliphatic carboxylic acids is 1. The Balaban J connectivity index is 1.79. The minimum absolute atomic E-state index is 0.0717. The number of thioether (sulfide) groups is 1. The van der Waals surface area contributed by atoms with Crippen LogP contribution in [0.1, 0.15) is 11.1 Å². The van der Waals surface area contributed by atoms with Crippen molar-refractivity contribution in [2.45, 2.75) is 25.5 Å². The Hall–Kier alpha value is -1.69. The van der Waals surface area contributed by atoms with Gasteiger partial charge in [-0.2, -0.15) is 11.8 Å². The van der Waals surface area contributed by atoms with Gasteiger partial charge in [0.15, 0.2) is 0 Å². The number of ether oxygens (including phenoxy) is 1. The quantitative estimate of drug-likeness (QED) is 0.740. The van der Waals surface area contributed by atoms with Crippen LogP contribution in [-0.2, 0) is 16.0 Å². The standard InChI is InChI=1S/C14H17NO4S/c1-9-2-3-13-10(4-9)5-11(19-13)6-20-7-12(14(17)18)15-8-16/h2-4,8,11-12H,5-7H2,1H3,(H,15,16)(H,17,18). The first-order valence-electron chi connectivity index (χ1n) is 6.36. The van der Waals surface area contributed by atoms with Crippen LogP contribution in [0.2, 0.25) is 0 Å². The van der Waals surface area contributed by atoms with Gasteiger partial charge in [0.05, 0.1) is 0 Å². The third-order valence-electron chi connectivity index (χ3n) is 3.11. The molecule has 20 heavy (non-hydrogen) atoms. The van der Waals surface area contributed by atoms with E-state index in [1.807, 2.05) is 19.1 Å². The summed E-state index contributed by atoms with van der Waals surface area (Å²) in [6.07, 6.45) is 1.34. The molecule has 1 heterocycles. The van der Waals surface area contributed by atoms with Crippen LogP contribution in [-0.4, -0.2) is 41.1 Å². The van der Waals surface area contributed by atoms with E-state index in [0.29, 0.717) is 17.9 Å². The van der Waals surface area contributed by atoms with Crippen LogP contribution >= 0.6 is 11.8 Å². The van der Waals surface area contributed by atoms with E-state index in [9.17, 15) is 9.59 Å². The van der Waals surface area contributed by atoms with E-state index in [0.717, 1.165) is 12.2 Å².